The monoisotopic (exact) mass is 774 g/mol. The first-order valence-electron chi connectivity index (χ1n) is 18.6. The zero-order valence-corrected chi connectivity index (χ0v) is 32.2. The summed E-state index contributed by atoms with van der Waals surface area (Å²) < 4.78 is 42.6. The predicted octanol–water partition coefficient (Wildman–Crippen LogP) is 11.0. The number of fused-ring (bicyclic) bond motifs is 5. The van der Waals surface area contributed by atoms with Crippen LogP contribution in [0.1, 0.15) is 36.1 Å². The van der Waals surface area contributed by atoms with Crippen LogP contribution >= 0.6 is 19.6 Å². The maximum atomic E-state index is 14.0. The van der Waals surface area contributed by atoms with E-state index in [1.54, 1.807) is 0 Å². The van der Waals surface area contributed by atoms with Crippen molar-refractivity contribution in [3.05, 3.63) is 192 Å². The van der Waals surface area contributed by atoms with Gasteiger partial charge in [0.25, 0.3) is 0 Å². The Morgan fingerprint density at radius 1 is 0.464 bits per heavy atom. The Hall–Kier alpha value is -5.01. The molecule has 2 aliphatic rings. The number of halogens is 1. The molecule has 10 rings (SSSR count). The first kappa shape index (κ1) is 35.4. The van der Waals surface area contributed by atoms with Crippen LogP contribution in [0.25, 0.3) is 43.1 Å². The van der Waals surface area contributed by atoms with Crippen molar-refractivity contribution in [3.8, 4) is 0 Å². The Morgan fingerprint density at radius 3 is 1.00 bits per heavy atom. The highest BCUT2D eigenvalue weighted by Crippen LogP contribution is 2.62. The van der Waals surface area contributed by atoms with Crippen LogP contribution in [-0.2, 0) is 34.7 Å². The standard InChI is InChI=1S/C48H36ClO6P/c1-45(2)52-43-44(53-45)47(41-25-21-33-13-5-9-17-37(33)29-41,42-26-22-34-14-6-10-18-38(34)30-42)55-48(49,56(50)51)54-46(43,39-23-19-31-11-3-7-15-35(31)27-39)40-24-20-32-12-4-8-16-36(32)28-40/h3-30,43-44H,1-2H3/t43-,44-/m1/s1. The van der Waals surface area contributed by atoms with E-state index in [9.17, 15) is 9.46 Å². The van der Waals surface area contributed by atoms with E-state index in [4.69, 9.17) is 30.5 Å². The highest BCUT2D eigenvalue weighted by molar-refractivity contribution is 7.40. The summed E-state index contributed by atoms with van der Waals surface area (Å²) in [6, 6.07) is 55.9. The molecule has 0 amide bonds. The number of benzene rings is 8. The predicted molar refractivity (Wildman–Crippen MR) is 220 cm³/mol. The van der Waals surface area contributed by atoms with Gasteiger partial charge in [-0.25, -0.2) is 0 Å². The molecule has 3 atom stereocenters. The van der Waals surface area contributed by atoms with Gasteiger partial charge in [-0.2, -0.15) is 0 Å². The Morgan fingerprint density at radius 2 is 0.732 bits per heavy atom. The van der Waals surface area contributed by atoms with E-state index in [2.05, 4.69) is 0 Å². The fraction of sp³-hybridized carbons (Fsp3) is 0.167. The van der Waals surface area contributed by atoms with Gasteiger partial charge in [0.05, 0.1) is 0 Å². The highest BCUT2D eigenvalue weighted by Gasteiger charge is 2.72. The van der Waals surface area contributed by atoms with Crippen LogP contribution in [0, 0.1) is 0 Å². The van der Waals surface area contributed by atoms with E-state index in [0.29, 0.717) is 22.3 Å². The molecule has 6 nitrogen and oxygen atoms in total. The third-order valence-electron chi connectivity index (χ3n) is 11.4. The SMILES string of the molecule is CC1(C)O[C@@H]2[C@@H](O1)C(c1ccc3ccccc3c1)(c1ccc3ccccc3c1)OC(Cl)([P+](=O)[O-])OC2(c1ccc2ccccc2c1)c1ccc2ccccc2c1. The molecular weight excluding hydrogens is 739 g/mol. The summed E-state index contributed by atoms with van der Waals surface area (Å²) in [5.41, 5.74) is -0.914. The van der Waals surface area contributed by atoms with Crippen LogP contribution in [0.4, 0.5) is 0 Å². The molecule has 0 saturated carbocycles. The van der Waals surface area contributed by atoms with Crippen molar-refractivity contribution in [3.63, 3.8) is 0 Å². The van der Waals surface area contributed by atoms with E-state index in [1.807, 2.05) is 184 Å². The van der Waals surface area contributed by atoms with Gasteiger partial charge in [0.1, 0.15) is 12.2 Å². The van der Waals surface area contributed by atoms with Crippen LogP contribution in [0.15, 0.2) is 170 Å². The zero-order chi connectivity index (χ0) is 38.3. The van der Waals surface area contributed by atoms with Gasteiger partial charge in [-0.15, -0.1) is 0 Å². The Kier molecular flexibility index (Phi) is 8.23. The number of hydrogen-bond acceptors (Lipinski definition) is 6. The fourth-order valence-corrected chi connectivity index (χ4v) is 9.55. The average Bonchev–Trinajstić information content (AvgIpc) is 3.52. The van der Waals surface area contributed by atoms with Crippen molar-refractivity contribution in [1.82, 2.24) is 0 Å². The number of hydrogen-bond donors (Lipinski definition) is 0. The van der Waals surface area contributed by atoms with Crippen molar-refractivity contribution in [2.45, 2.75) is 48.0 Å². The molecule has 1 unspecified atom stereocenters. The molecule has 2 heterocycles. The molecule has 0 bridgehead atoms. The van der Waals surface area contributed by atoms with Crippen molar-refractivity contribution in [1.29, 1.82) is 0 Å². The molecule has 2 saturated heterocycles. The first-order valence-corrected chi connectivity index (χ1v) is 20.2. The van der Waals surface area contributed by atoms with Crippen molar-refractivity contribution in [2.75, 3.05) is 0 Å². The van der Waals surface area contributed by atoms with Crippen molar-refractivity contribution >= 4 is 62.7 Å². The Bertz CT molecular complexity index is 2510. The molecule has 0 radical (unpaired) electrons. The molecule has 2 fully saturated rings. The average molecular weight is 775 g/mol. The minimum atomic E-state index is -3.67. The number of ether oxygens (including phenoxy) is 4. The van der Waals surface area contributed by atoms with Crippen LogP contribution < -0.4 is 4.89 Å². The molecule has 8 aromatic rings. The molecule has 2 aliphatic heterocycles. The third-order valence-corrected chi connectivity index (χ3v) is 12.6. The third kappa shape index (κ3) is 5.52. The second-order valence-corrected chi connectivity index (χ2v) is 17.0. The molecule has 56 heavy (non-hydrogen) atoms. The van der Waals surface area contributed by atoms with E-state index in [0.717, 1.165) is 43.1 Å². The lowest BCUT2D eigenvalue weighted by Gasteiger charge is -2.41. The van der Waals surface area contributed by atoms with Crippen molar-refractivity contribution in [2.24, 2.45) is 0 Å². The van der Waals surface area contributed by atoms with E-state index < -0.39 is 42.2 Å². The summed E-state index contributed by atoms with van der Waals surface area (Å²) in [6.07, 6.45) is -2.07. The number of alkyl halides is 1. The maximum absolute atomic E-state index is 14.0. The summed E-state index contributed by atoms with van der Waals surface area (Å²) in [6.45, 7) is 3.72. The van der Waals surface area contributed by atoms with E-state index in [-0.39, 0.29) is 0 Å². The highest BCUT2D eigenvalue weighted by atomic mass is 35.5. The van der Waals surface area contributed by atoms with Crippen LogP contribution in [0.5, 0.6) is 0 Å². The van der Waals surface area contributed by atoms with Gasteiger partial charge in [-0.3, -0.25) is 9.47 Å². The van der Waals surface area contributed by atoms with Gasteiger partial charge in [-0.05, 0) is 103 Å². The lowest BCUT2D eigenvalue weighted by molar-refractivity contribution is -0.277. The Labute approximate surface area is 330 Å². The van der Waals surface area contributed by atoms with E-state index in [1.165, 1.54) is 0 Å². The fourth-order valence-electron chi connectivity index (χ4n) is 8.87. The second kappa shape index (κ2) is 13.0. The topological polar surface area (TPSA) is 77.1 Å². The molecule has 8 heteroatoms. The van der Waals surface area contributed by atoms with Crippen molar-refractivity contribution < 1.29 is 28.4 Å². The molecule has 0 N–H and O–H groups in total. The lowest BCUT2D eigenvalue weighted by Crippen LogP contribution is -2.53. The van der Waals surface area contributed by atoms with Gasteiger partial charge in [0.15, 0.2) is 17.0 Å². The summed E-state index contributed by atoms with van der Waals surface area (Å²) >= 11 is 7.49. The lowest BCUT2D eigenvalue weighted by atomic mass is 9.71. The van der Waals surface area contributed by atoms with Crippen LogP contribution in [-0.4, -0.2) is 23.0 Å². The molecule has 0 spiro atoms. The second-order valence-electron chi connectivity index (χ2n) is 15.2. The molecule has 276 valence electrons. The van der Waals surface area contributed by atoms with Crippen LogP contribution in [0.2, 0.25) is 0 Å². The minimum absolute atomic E-state index is 0.626. The summed E-state index contributed by atoms with van der Waals surface area (Å²) in [5, 5.41) is 7.72. The van der Waals surface area contributed by atoms with Crippen LogP contribution in [0.3, 0.4) is 0 Å². The van der Waals surface area contributed by atoms with Gasteiger partial charge >= 0.3 is 13.0 Å². The summed E-state index contributed by atoms with van der Waals surface area (Å²) in [7, 11) is -3.67. The molecule has 0 aliphatic carbocycles. The zero-order valence-electron chi connectivity index (χ0n) is 30.6. The normalized spacial score (nSPS) is 21.2. The molecule has 0 aromatic heterocycles. The summed E-state index contributed by atoms with van der Waals surface area (Å²) in [5.74, 6) is -1.19. The van der Waals surface area contributed by atoms with Gasteiger partial charge in [-0.1, -0.05) is 150 Å². The van der Waals surface area contributed by atoms with Gasteiger partial charge in [0.2, 0.25) is 0 Å². The maximum Gasteiger partial charge on any atom is 0.457 e. The van der Waals surface area contributed by atoms with Gasteiger partial charge in [0, 0.05) is 11.6 Å². The minimum Gasteiger partial charge on any atom is -0.590 e. The quantitative estimate of drug-likeness (QED) is 0.128. The Balaban J connectivity index is 1.35. The van der Waals surface area contributed by atoms with E-state index >= 15 is 0 Å². The number of rotatable bonds is 5. The molecular formula is C48H36ClO6P. The first-order chi connectivity index (χ1) is 27.1. The van der Waals surface area contributed by atoms with Gasteiger partial charge < -0.3 is 14.4 Å². The molecule has 8 aromatic carbocycles. The largest absolute Gasteiger partial charge is 0.590 e. The smallest absolute Gasteiger partial charge is 0.457 e. The summed E-state index contributed by atoms with van der Waals surface area (Å²) in [4.78, 5) is 11.3.